The fraction of sp³-hybridized carbons (Fsp3) is 0.238. The van der Waals surface area contributed by atoms with Crippen molar-refractivity contribution in [2.45, 2.75) is 0 Å². The molecule has 0 unspecified atom stereocenters. The summed E-state index contributed by atoms with van der Waals surface area (Å²) in [5.74, 6) is 1.21. The number of nitrogens with zero attached hydrogens (tertiary/aromatic N) is 2. The Kier molecular flexibility index (Phi) is 6.97. The summed E-state index contributed by atoms with van der Waals surface area (Å²) in [6, 6.07) is 8.31. The first-order valence-corrected chi connectivity index (χ1v) is 10.6. The normalized spacial score (nSPS) is 11.2. The van der Waals surface area contributed by atoms with Crippen LogP contribution in [-0.4, -0.2) is 60.7 Å². The molecule has 0 aliphatic rings. The van der Waals surface area contributed by atoms with Crippen LogP contribution in [0.1, 0.15) is 10.1 Å². The zero-order valence-electron chi connectivity index (χ0n) is 17.2. The van der Waals surface area contributed by atoms with E-state index in [2.05, 4.69) is 10.1 Å². The Morgan fingerprint density at radius 1 is 0.900 bits per heavy atom. The Labute approximate surface area is 179 Å². The van der Waals surface area contributed by atoms with Crippen molar-refractivity contribution >= 4 is 20.2 Å². The number of halogens is 1. The molecule has 0 saturated heterocycles. The molecule has 158 valence electrons. The Balaban J connectivity index is 2.05. The minimum atomic E-state index is -0.442. The van der Waals surface area contributed by atoms with Crippen LogP contribution in [0.4, 0.5) is 4.39 Å². The topological polar surface area (TPSA) is 71.4 Å². The van der Waals surface area contributed by atoms with Gasteiger partial charge < -0.3 is 0 Å². The van der Waals surface area contributed by atoms with E-state index in [9.17, 15) is 4.39 Å². The number of rotatable bonds is 8. The number of aromatic nitrogens is 1. The van der Waals surface area contributed by atoms with E-state index in [-0.39, 0.29) is 20.3 Å². The van der Waals surface area contributed by atoms with Crippen molar-refractivity contribution in [3.8, 4) is 34.3 Å². The zero-order chi connectivity index (χ0) is 21.7. The molecule has 0 atom stereocenters. The first-order valence-electron chi connectivity index (χ1n) is 8.77. The number of hydrogen-bond donors (Lipinski definition) is 0. The number of benzene rings is 2. The van der Waals surface area contributed by atoms with Gasteiger partial charge in [0.1, 0.15) is 0 Å². The first-order chi connectivity index (χ1) is 14.6. The van der Waals surface area contributed by atoms with Gasteiger partial charge in [0, 0.05) is 0 Å². The van der Waals surface area contributed by atoms with Gasteiger partial charge in [-0.1, -0.05) is 0 Å². The maximum absolute atomic E-state index is 14.1. The van der Waals surface area contributed by atoms with Gasteiger partial charge in [-0.15, -0.1) is 0 Å². The molecule has 0 aliphatic heterocycles. The summed E-state index contributed by atoms with van der Waals surface area (Å²) in [6.07, 6.45) is 0. The molecule has 3 aromatic rings. The van der Waals surface area contributed by atoms with E-state index in [4.69, 9.17) is 23.8 Å². The van der Waals surface area contributed by atoms with E-state index in [0.717, 1.165) is 4.57 Å². The third-order valence-corrected chi connectivity index (χ3v) is 6.06. The molecule has 0 bridgehead atoms. The van der Waals surface area contributed by atoms with Gasteiger partial charge in [-0.05, 0) is 0 Å². The second kappa shape index (κ2) is 9.65. The van der Waals surface area contributed by atoms with Gasteiger partial charge in [0.2, 0.25) is 0 Å². The third-order valence-electron chi connectivity index (χ3n) is 4.28. The van der Waals surface area contributed by atoms with Crippen molar-refractivity contribution in [3.63, 3.8) is 0 Å². The molecular formula is C21H21FN2O5Se. The number of methoxy groups -OCH3 is 4. The molecule has 0 saturated carbocycles. The molecule has 7 nitrogen and oxygen atoms in total. The van der Waals surface area contributed by atoms with Gasteiger partial charge in [0.25, 0.3) is 0 Å². The van der Waals surface area contributed by atoms with Crippen LogP contribution in [-0.2, 0) is 4.84 Å². The summed E-state index contributed by atoms with van der Waals surface area (Å²) in [6.45, 7) is 0. The van der Waals surface area contributed by atoms with Gasteiger partial charge in [-0.25, -0.2) is 0 Å². The van der Waals surface area contributed by atoms with Crippen molar-refractivity contribution in [2.75, 3.05) is 35.5 Å². The first kappa shape index (κ1) is 21.7. The molecule has 9 heteroatoms. The van der Waals surface area contributed by atoms with E-state index in [1.807, 2.05) is 4.94 Å². The van der Waals surface area contributed by atoms with Crippen molar-refractivity contribution in [1.82, 2.24) is 4.98 Å². The predicted molar refractivity (Wildman–Crippen MR) is 112 cm³/mol. The summed E-state index contributed by atoms with van der Waals surface area (Å²) in [5.41, 5.74) is 2.56. The predicted octanol–water partition coefficient (Wildman–Crippen LogP) is 3.38. The number of oxime groups is 1. The van der Waals surface area contributed by atoms with Gasteiger partial charge in [0.05, 0.1) is 0 Å². The molecule has 0 aliphatic carbocycles. The van der Waals surface area contributed by atoms with Crippen molar-refractivity contribution in [2.24, 2.45) is 5.16 Å². The summed E-state index contributed by atoms with van der Waals surface area (Å²) < 4.78 is 36.1. The van der Waals surface area contributed by atoms with Crippen LogP contribution in [0, 0.1) is 5.82 Å². The molecule has 0 amide bonds. The molecule has 0 spiro atoms. The average Bonchev–Trinajstić information content (AvgIpc) is 3.26. The van der Waals surface area contributed by atoms with E-state index < -0.39 is 5.82 Å². The van der Waals surface area contributed by atoms with Crippen LogP contribution in [0.3, 0.4) is 0 Å². The van der Waals surface area contributed by atoms with Crippen LogP contribution in [0.25, 0.3) is 11.3 Å². The summed E-state index contributed by atoms with van der Waals surface area (Å²) in [5, 5.41) is 4.18. The number of ether oxygens (including phenoxy) is 4. The van der Waals surface area contributed by atoms with E-state index in [0.29, 0.717) is 39.8 Å². The van der Waals surface area contributed by atoms with Gasteiger partial charge in [-0.3, -0.25) is 0 Å². The fourth-order valence-electron chi connectivity index (χ4n) is 2.87. The van der Waals surface area contributed by atoms with Crippen molar-refractivity contribution in [1.29, 1.82) is 0 Å². The maximum atomic E-state index is 14.1. The molecule has 1 heterocycles. The molecule has 0 fully saturated rings. The summed E-state index contributed by atoms with van der Waals surface area (Å²) in [7, 11) is 7.52. The summed E-state index contributed by atoms with van der Waals surface area (Å²) >= 11 is -0.135. The van der Waals surface area contributed by atoms with Crippen LogP contribution >= 0.6 is 0 Å². The van der Waals surface area contributed by atoms with Crippen LogP contribution in [0.2, 0.25) is 0 Å². The number of hydrogen-bond acceptors (Lipinski definition) is 7. The van der Waals surface area contributed by atoms with Gasteiger partial charge in [-0.2, -0.15) is 0 Å². The minimum absolute atomic E-state index is 0.135. The second-order valence-corrected chi connectivity index (χ2v) is 7.72. The zero-order valence-corrected chi connectivity index (χ0v) is 18.9. The molecule has 30 heavy (non-hydrogen) atoms. The standard InChI is InChI=1S/C21H21FN2O5Se/c1-25-16-7-6-12(8-14(16)22)15-11-30-21(23-15)19(24-29-5)13-9-17(26-2)20(28-4)18(10-13)27-3/h6-11H,1-5H3. The Hall–Kier alpha value is -3.03. The van der Waals surface area contributed by atoms with Crippen molar-refractivity contribution in [3.05, 3.63) is 51.2 Å². The molecule has 0 radical (unpaired) electrons. The average molecular weight is 479 g/mol. The molecule has 2 aromatic carbocycles. The van der Waals surface area contributed by atoms with Crippen LogP contribution in [0.15, 0.2) is 40.4 Å². The SMILES string of the molecule is CON=C(c1cc(OC)c(OC)c(OC)c1)c1nc(-c2ccc(OC)c(F)c2)c[se]1. The van der Waals surface area contributed by atoms with E-state index >= 15 is 0 Å². The quantitative estimate of drug-likeness (QED) is 0.280. The molecule has 0 N–H and O–H groups in total. The second-order valence-electron chi connectivity index (χ2n) is 5.92. The monoisotopic (exact) mass is 480 g/mol. The van der Waals surface area contributed by atoms with Crippen molar-refractivity contribution < 1.29 is 28.2 Å². The van der Waals surface area contributed by atoms with Gasteiger partial charge in [0.15, 0.2) is 0 Å². The van der Waals surface area contributed by atoms with Crippen LogP contribution in [0.5, 0.6) is 23.0 Å². The van der Waals surface area contributed by atoms with Crippen LogP contribution < -0.4 is 18.9 Å². The molecule has 3 rings (SSSR count). The van der Waals surface area contributed by atoms with Gasteiger partial charge >= 0.3 is 180 Å². The Bertz CT molecular complexity index is 1040. The Morgan fingerprint density at radius 2 is 1.57 bits per heavy atom. The molecular weight excluding hydrogens is 458 g/mol. The third kappa shape index (κ3) is 4.27. The van der Waals surface area contributed by atoms with E-state index in [1.54, 1.807) is 45.6 Å². The Morgan fingerprint density at radius 3 is 2.10 bits per heavy atom. The molecule has 1 aromatic heterocycles. The fourth-order valence-corrected chi connectivity index (χ4v) is 4.61. The summed E-state index contributed by atoms with van der Waals surface area (Å²) in [4.78, 5) is 11.7. The van der Waals surface area contributed by atoms with E-state index in [1.165, 1.54) is 20.3 Å².